The van der Waals surface area contributed by atoms with Crippen LogP contribution in [0.1, 0.15) is 33.1 Å². The predicted octanol–water partition coefficient (Wildman–Crippen LogP) is -2.48. The van der Waals surface area contributed by atoms with Gasteiger partial charge in [-0.15, -0.1) is 0 Å². The highest BCUT2D eigenvalue weighted by Crippen LogP contribution is 2.08. The van der Waals surface area contributed by atoms with Gasteiger partial charge in [-0.25, -0.2) is 4.79 Å². The number of amides is 4. The van der Waals surface area contributed by atoms with Crippen LogP contribution in [-0.2, 0) is 24.0 Å². The number of rotatable bonds is 15. The summed E-state index contributed by atoms with van der Waals surface area (Å²) in [4.78, 5) is 59.8. The molecular formula is C18H33N5O7S. The van der Waals surface area contributed by atoms with Crippen LogP contribution in [0.3, 0.4) is 0 Å². The van der Waals surface area contributed by atoms with E-state index in [1.165, 1.54) is 11.8 Å². The highest BCUT2D eigenvalue weighted by atomic mass is 32.2. The zero-order chi connectivity index (χ0) is 24.1. The second kappa shape index (κ2) is 14.6. The topological polar surface area (TPSA) is 214 Å². The summed E-state index contributed by atoms with van der Waals surface area (Å²) in [6.45, 7) is 3.06. The molecule has 0 saturated carbocycles. The predicted molar refractivity (Wildman–Crippen MR) is 115 cm³/mol. The number of thioether (sulfide) groups is 1. The van der Waals surface area contributed by atoms with Gasteiger partial charge < -0.3 is 37.6 Å². The van der Waals surface area contributed by atoms with Crippen molar-refractivity contribution in [1.82, 2.24) is 16.0 Å². The largest absolute Gasteiger partial charge is 0.480 e. The lowest BCUT2D eigenvalue weighted by Gasteiger charge is -2.25. The number of aliphatic hydroxyl groups excluding tert-OH is 1. The maximum absolute atomic E-state index is 12.8. The van der Waals surface area contributed by atoms with Crippen molar-refractivity contribution in [3.63, 3.8) is 0 Å². The Kier molecular flexibility index (Phi) is 13.5. The van der Waals surface area contributed by atoms with Crippen molar-refractivity contribution in [1.29, 1.82) is 0 Å². The molecule has 0 bridgehead atoms. The summed E-state index contributed by atoms with van der Waals surface area (Å²) in [5.41, 5.74) is 10.5. The first-order valence-corrected chi connectivity index (χ1v) is 11.1. The molecule has 9 N–H and O–H groups in total. The molecule has 4 atom stereocenters. The summed E-state index contributed by atoms with van der Waals surface area (Å²) in [5.74, 6) is -4.04. The van der Waals surface area contributed by atoms with Crippen molar-refractivity contribution >= 4 is 41.4 Å². The molecule has 0 aliphatic rings. The minimum absolute atomic E-state index is 0.00633. The fourth-order valence-electron chi connectivity index (χ4n) is 2.51. The van der Waals surface area contributed by atoms with Gasteiger partial charge in [0.15, 0.2) is 0 Å². The summed E-state index contributed by atoms with van der Waals surface area (Å²) in [6, 6.07) is -4.86. The fourth-order valence-corrected chi connectivity index (χ4v) is 2.99. The number of hydrogen-bond acceptors (Lipinski definition) is 8. The van der Waals surface area contributed by atoms with Gasteiger partial charge in [-0.05, 0) is 30.8 Å². The Bertz CT molecular complexity index is 647. The number of hydrogen-bond donors (Lipinski definition) is 7. The summed E-state index contributed by atoms with van der Waals surface area (Å²) >= 11 is 1.41. The van der Waals surface area contributed by atoms with Gasteiger partial charge in [0.05, 0.1) is 13.0 Å². The molecule has 0 rings (SSSR count). The zero-order valence-electron chi connectivity index (χ0n) is 17.9. The van der Waals surface area contributed by atoms with E-state index in [1.54, 1.807) is 6.26 Å². The quantitative estimate of drug-likeness (QED) is 0.137. The van der Waals surface area contributed by atoms with E-state index in [0.29, 0.717) is 5.75 Å². The zero-order valence-corrected chi connectivity index (χ0v) is 18.7. The van der Waals surface area contributed by atoms with Gasteiger partial charge in [0.25, 0.3) is 0 Å². The monoisotopic (exact) mass is 463 g/mol. The molecule has 4 unspecified atom stereocenters. The second-order valence-electron chi connectivity index (χ2n) is 7.39. The SMILES string of the molecule is CSCCC(NC(=O)C(CC(C)C)NC(=O)C(N)CO)C(=O)NC(CC(N)=O)C(=O)O. The third kappa shape index (κ3) is 11.5. The van der Waals surface area contributed by atoms with Gasteiger partial charge in [-0.3, -0.25) is 19.2 Å². The maximum atomic E-state index is 12.8. The van der Waals surface area contributed by atoms with Crippen LogP contribution < -0.4 is 27.4 Å². The lowest BCUT2D eigenvalue weighted by atomic mass is 10.0. The second-order valence-corrected chi connectivity index (χ2v) is 8.38. The lowest BCUT2D eigenvalue weighted by molar-refractivity contribution is -0.143. The normalized spacial score (nSPS) is 14.8. The molecule has 31 heavy (non-hydrogen) atoms. The Morgan fingerprint density at radius 3 is 1.90 bits per heavy atom. The molecule has 4 amide bonds. The van der Waals surface area contributed by atoms with E-state index in [1.807, 2.05) is 13.8 Å². The van der Waals surface area contributed by atoms with Crippen molar-refractivity contribution < 1.29 is 34.2 Å². The third-order valence-electron chi connectivity index (χ3n) is 4.14. The number of aliphatic carboxylic acids is 1. The van der Waals surface area contributed by atoms with Crippen LogP contribution in [0.4, 0.5) is 0 Å². The van der Waals surface area contributed by atoms with E-state index in [4.69, 9.17) is 16.6 Å². The van der Waals surface area contributed by atoms with E-state index in [0.717, 1.165) is 0 Å². The van der Waals surface area contributed by atoms with Gasteiger partial charge in [-0.1, -0.05) is 13.8 Å². The number of carbonyl (C=O) groups is 5. The molecule has 0 saturated heterocycles. The molecular weight excluding hydrogens is 430 g/mol. The molecule has 0 aromatic heterocycles. The van der Waals surface area contributed by atoms with E-state index >= 15 is 0 Å². The van der Waals surface area contributed by atoms with E-state index in [9.17, 15) is 29.1 Å². The Hall–Kier alpha value is -2.38. The van der Waals surface area contributed by atoms with Gasteiger partial charge in [0.2, 0.25) is 23.6 Å². The van der Waals surface area contributed by atoms with Crippen molar-refractivity contribution in [2.75, 3.05) is 18.6 Å². The molecule has 0 aliphatic heterocycles. The highest BCUT2D eigenvalue weighted by Gasteiger charge is 2.30. The molecule has 0 aromatic carbocycles. The van der Waals surface area contributed by atoms with Gasteiger partial charge in [0.1, 0.15) is 24.2 Å². The Morgan fingerprint density at radius 2 is 1.45 bits per heavy atom. The van der Waals surface area contributed by atoms with Gasteiger partial charge >= 0.3 is 5.97 Å². The molecule has 12 nitrogen and oxygen atoms in total. The summed E-state index contributed by atoms with van der Waals surface area (Å²) in [5, 5.41) is 25.4. The first-order chi connectivity index (χ1) is 14.4. The highest BCUT2D eigenvalue weighted by molar-refractivity contribution is 7.98. The van der Waals surface area contributed by atoms with Crippen LogP contribution in [0.15, 0.2) is 0 Å². The number of carbonyl (C=O) groups excluding carboxylic acids is 4. The molecule has 0 aromatic rings. The molecule has 0 radical (unpaired) electrons. The molecule has 0 aliphatic carbocycles. The Morgan fingerprint density at radius 1 is 0.935 bits per heavy atom. The number of primary amides is 1. The molecule has 0 fully saturated rings. The Balaban J connectivity index is 5.43. The lowest BCUT2D eigenvalue weighted by Crippen LogP contribution is -2.58. The number of aliphatic hydroxyl groups is 1. The van der Waals surface area contributed by atoms with Crippen LogP contribution in [0.25, 0.3) is 0 Å². The van der Waals surface area contributed by atoms with Gasteiger partial charge in [0, 0.05) is 0 Å². The van der Waals surface area contributed by atoms with Crippen LogP contribution in [0, 0.1) is 5.92 Å². The first kappa shape index (κ1) is 28.6. The minimum atomic E-state index is -1.53. The van der Waals surface area contributed by atoms with E-state index in [-0.39, 0.29) is 18.8 Å². The average molecular weight is 464 g/mol. The van der Waals surface area contributed by atoms with E-state index in [2.05, 4.69) is 16.0 Å². The molecule has 0 heterocycles. The molecule has 13 heteroatoms. The van der Waals surface area contributed by atoms with Crippen LogP contribution >= 0.6 is 11.8 Å². The maximum Gasteiger partial charge on any atom is 0.326 e. The minimum Gasteiger partial charge on any atom is -0.480 e. The van der Waals surface area contributed by atoms with Crippen LogP contribution in [-0.4, -0.2) is 82.6 Å². The summed E-state index contributed by atoms with van der Waals surface area (Å²) in [7, 11) is 0. The van der Waals surface area contributed by atoms with Crippen molar-refractivity contribution in [2.45, 2.75) is 57.3 Å². The number of nitrogens with one attached hydrogen (secondary N) is 3. The molecule has 0 spiro atoms. The van der Waals surface area contributed by atoms with Crippen molar-refractivity contribution in [3.05, 3.63) is 0 Å². The van der Waals surface area contributed by atoms with Crippen molar-refractivity contribution in [3.8, 4) is 0 Å². The summed E-state index contributed by atoms with van der Waals surface area (Å²) in [6.07, 6.45) is 1.61. The fraction of sp³-hybridized carbons (Fsp3) is 0.722. The number of nitrogens with two attached hydrogens (primary N) is 2. The smallest absolute Gasteiger partial charge is 0.326 e. The number of carboxylic acids is 1. The van der Waals surface area contributed by atoms with Crippen molar-refractivity contribution in [2.24, 2.45) is 17.4 Å². The van der Waals surface area contributed by atoms with E-state index < -0.39 is 66.8 Å². The standard InChI is InChI=1S/C18H33N5O7S/c1-9(2)6-12(22-15(26)10(19)8-24)17(28)21-11(4-5-31-3)16(27)23-13(18(29)30)7-14(20)25/h9-13,24H,4-8,19H2,1-3H3,(H2,20,25)(H,21,28)(H,22,26)(H,23,27)(H,29,30). The molecule has 178 valence electrons. The average Bonchev–Trinajstić information content (AvgIpc) is 2.68. The number of carboxylic acid groups (broad SMARTS) is 1. The third-order valence-corrected chi connectivity index (χ3v) is 4.78. The van der Waals surface area contributed by atoms with Crippen LogP contribution in [0.5, 0.6) is 0 Å². The van der Waals surface area contributed by atoms with Gasteiger partial charge in [-0.2, -0.15) is 11.8 Å². The summed E-state index contributed by atoms with van der Waals surface area (Å²) < 4.78 is 0. The van der Waals surface area contributed by atoms with Crippen LogP contribution in [0.2, 0.25) is 0 Å². The Labute approximate surface area is 185 Å². The first-order valence-electron chi connectivity index (χ1n) is 9.70.